The Bertz CT molecular complexity index is 512. The van der Waals surface area contributed by atoms with E-state index in [1.54, 1.807) is 0 Å². The van der Waals surface area contributed by atoms with Crippen LogP contribution in [0.1, 0.15) is 9.67 Å². The number of carbonyl (C=O) groups is 1. The fourth-order valence-electron chi connectivity index (χ4n) is 1.98. The molecule has 0 atom stereocenters. The minimum absolute atomic E-state index is 0.0208. The smallest absolute Gasteiger partial charge is 0.382 e. The lowest BCUT2D eigenvalue weighted by Crippen LogP contribution is -2.43. The highest BCUT2D eigenvalue weighted by atomic mass is 32.1. The van der Waals surface area contributed by atoms with Crippen molar-refractivity contribution in [2.24, 2.45) is 0 Å². The van der Waals surface area contributed by atoms with Crippen LogP contribution in [0.3, 0.4) is 0 Å². The number of piperazine rings is 1. The zero-order valence-corrected chi connectivity index (χ0v) is 12.2. The molecule has 0 unspecified atom stereocenters. The lowest BCUT2D eigenvalue weighted by Gasteiger charge is -2.26. The maximum absolute atomic E-state index is 12.3. The summed E-state index contributed by atoms with van der Waals surface area (Å²) in [5.41, 5.74) is 5.68. The number of halogens is 3. The average Bonchev–Trinajstić information content (AvgIpc) is 2.79. The second-order valence-electron chi connectivity index (χ2n) is 4.72. The molecule has 0 bridgehead atoms. The van der Waals surface area contributed by atoms with E-state index in [4.69, 9.17) is 5.73 Å². The van der Waals surface area contributed by atoms with Crippen LogP contribution in [0.2, 0.25) is 0 Å². The maximum atomic E-state index is 12.3. The third kappa shape index (κ3) is 3.97. The van der Waals surface area contributed by atoms with E-state index in [0.29, 0.717) is 10.0 Å². The van der Waals surface area contributed by atoms with E-state index >= 15 is 0 Å². The van der Waals surface area contributed by atoms with Gasteiger partial charge in [0, 0.05) is 33.2 Å². The first-order valence-corrected chi connectivity index (χ1v) is 7.14. The zero-order chi connectivity index (χ0) is 15.6. The number of nitrogens with one attached hydrogen (secondary N) is 1. The molecule has 118 valence electrons. The average molecular weight is 323 g/mol. The molecule has 21 heavy (non-hydrogen) atoms. The molecule has 1 saturated heterocycles. The highest BCUT2D eigenvalue weighted by Gasteiger charge is 2.33. The van der Waals surface area contributed by atoms with Crippen LogP contribution in [-0.4, -0.2) is 61.7 Å². The van der Waals surface area contributed by atoms with Crippen molar-refractivity contribution in [3.05, 3.63) is 4.88 Å². The molecule has 1 aromatic rings. The Labute approximate surface area is 123 Å². The quantitative estimate of drug-likeness (QED) is 0.859. The van der Waals surface area contributed by atoms with Gasteiger partial charge in [0.15, 0.2) is 5.13 Å². The van der Waals surface area contributed by atoms with Gasteiger partial charge in [0.25, 0.3) is 5.91 Å². The van der Waals surface area contributed by atoms with Crippen LogP contribution in [-0.2, 0) is 0 Å². The van der Waals surface area contributed by atoms with Gasteiger partial charge in [-0.15, -0.1) is 0 Å². The molecular weight excluding hydrogens is 307 g/mol. The van der Waals surface area contributed by atoms with Crippen molar-refractivity contribution in [3.63, 3.8) is 0 Å². The number of hydrogen-bond donors (Lipinski definition) is 2. The van der Waals surface area contributed by atoms with Crippen LogP contribution in [0.25, 0.3) is 0 Å². The number of nitrogen functional groups attached to an aromatic ring is 1. The standard InChI is InChI=1S/C11H16F3N5OS/c1-18(6-11(12,13)14)9(20)7-8(15)17-10(21-7)19-4-2-16-3-5-19/h16H,2-6,15H2,1H3. The van der Waals surface area contributed by atoms with Gasteiger partial charge in [-0.1, -0.05) is 11.3 Å². The molecular formula is C11H16F3N5OS. The minimum Gasteiger partial charge on any atom is -0.382 e. The monoisotopic (exact) mass is 323 g/mol. The van der Waals surface area contributed by atoms with Crippen LogP contribution < -0.4 is 16.0 Å². The molecule has 0 radical (unpaired) electrons. The molecule has 1 fully saturated rings. The van der Waals surface area contributed by atoms with E-state index in [1.807, 2.05) is 4.90 Å². The highest BCUT2D eigenvalue weighted by Crippen LogP contribution is 2.30. The van der Waals surface area contributed by atoms with Crippen molar-refractivity contribution in [2.45, 2.75) is 6.18 Å². The number of rotatable bonds is 3. The molecule has 1 aliphatic rings. The number of amides is 1. The van der Waals surface area contributed by atoms with E-state index in [-0.39, 0.29) is 10.7 Å². The molecule has 10 heteroatoms. The SMILES string of the molecule is CN(CC(F)(F)F)C(=O)c1sc(N2CCNCC2)nc1N. The molecule has 3 N–H and O–H groups in total. The van der Waals surface area contributed by atoms with Gasteiger partial charge in [0.05, 0.1) is 0 Å². The van der Waals surface area contributed by atoms with Crippen molar-refractivity contribution in [3.8, 4) is 0 Å². The number of hydrogen-bond acceptors (Lipinski definition) is 6. The van der Waals surface area contributed by atoms with E-state index in [9.17, 15) is 18.0 Å². The Morgan fingerprint density at radius 2 is 2.10 bits per heavy atom. The molecule has 0 spiro atoms. The summed E-state index contributed by atoms with van der Waals surface area (Å²) in [6.45, 7) is 1.71. The van der Waals surface area contributed by atoms with Gasteiger partial charge in [0.2, 0.25) is 0 Å². The summed E-state index contributed by atoms with van der Waals surface area (Å²) >= 11 is 1.03. The van der Waals surface area contributed by atoms with Crippen LogP contribution >= 0.6 is 11.3 Å². The molecule has 0 saturated carbocycles. The van der Waals surface area contributed by atoms with Crippen molar-refractivity contribution in [2.75, 3.05) is 50.4 Å². The summed E-state index contributed by atoms with van der Waals surface area (Å²) in [6.07, 6.45) is -4.44. The Balaban J connectivity index is 2.12. The molecule has 6 nitrogen and oxygen atoms in total. The first-order valence-electron chi connectivity index (χ1n) is 6.32. The number of aromatic nitrogens is 1. The normalized spacial score (nSPS) is 16.1. The Morgan fingerprint density at radius 1 is 1.48 bits per heavy atom. The zero-order valence-electron chi connectivity index (χ0n) is 11.4. The second-order valence-corrected chi connectivity index (χ2v) is 5.70. The molecule has 1 aliphatic heterocycles. The lowest BCUT2D eigenvalue weighted by molar-refractivity contribution is -0.138. The third-order valence-corrected chi connectivity index (χ3v) is 4.11. The molecule has 2 rings (SSSR count). The molecule has 2 heterocycles. The van der Waals surface area contributed by atoms with Gasteiger partial charge in [-0.05, 0) is 0 Å². The number of nitrogens with two attached hydrogens (primary N) is 1. The van der Waals surface area contributed by atoms with Gasteiger partial charge in [-0.2, -0.15) is 13.2 Å². The second kappa shape index (κ2) is 6.06. The van der Waals surface area contributed by atoms with E-state index in [2.05, 4.69) is 10.3 Å². The highest BCUT2D eigenvalue weighted by molar-refractivity contribution is 7.18. The fourth-order valence-corrected chi connectivity index (χ4v) is 3.01. The number of alkyl halides is 3. The third-order valence-electron chi connectivity index (χ3n) is 2.99. The fraction of sp³-hybridized carbons (Fsp3) is 0.636. The summed E-state index contributed by atoms with van der Waals surface area (Å²) in [4.78, 5) is 18.7. The van der Waals surface area contributed by atoms with Crippen LogP contribution in [0.5, 0.6) is 0 Å². The van der Waals surface area contributed by atoms with Gasteiger partial charge in [-0.3, -0.25) is 4.79 Å². The predicted molar refractivity (Wildman–Crippen MR) is 74.6 cm³/mol. The van der Waals surface area contributed by atoms with Gasteiger partial charge in [0.1, 0.15) is 17.2 Å². The Kier molecular flexibility index (Phi) is 4.57. The number of nitrogens with zero attached hydrogens (tertiary/aromatic N) is 3. The van der Waals surface area contributed by atoms with Crippen LogP contribution in [0.4, 0.5) is 24.1 Å². The van der Waals surface area contributed by atoms with E-state index < -0.39 is 18.6 Å². The Morgan fingerprint density at radius 3 is 2.67 bits per heavy atom. The number of anilines is 2. The topological polar surface area (TPSA) is 74.5 Å². The minimum atomic E-state index is -4.44. The summed E-state index contributed by atoms with van der Waals surface area (Å²) in [6, 6.07) is 0. The van der Waals surface area contributed by atoms with E-state index in [1.165, 1.54) is 0 Å². The van der Waals surface area contributed by atoms with Gasteiger partial charge < -0.3 is 20.9 Å². The molecule has 1 amide bonds. The molecule has 1 aromatic heterocycles. The summed E-state index contributed by atoms with van der Waals surface area (Å²) in [7, 11) is 1.10. The Hall–Kier alpha value is -1.55. The summed E-state index contributed by atoms with van der Waals surface area (Å²) < 4.78 is 37.0. The maximum Gasteiger partial charge on any atom is 0.406 e. The molecule has 0 aliphatic carbocycles. The predicted octanol–water partition coefficient (Wildman–Crippen LogP) is 0.769. The first kappa shape index (κ1) is 15.8. The van der Waals surface area contributed by atoms with E-state index in [0.717, 1.165) is 44.6 Å². The van der Waals surface area contributed by atoms with Crippen LogP contribution in [0, 0.1) is 0 Å². The summed E-state index contributed by atoms with van der Waals surface area (Å²) in [5, 5.41) is 3.74. The lowest BCUT2D eigenvalue weighted by atomic mass is 10.4. The van der Waals surface area contributed by atoms with Crippen LogP contribution in [0.15, 0.2) is 0 Å². The van der Waals surface area contributed by atoms with Gasteiger partial charge >= 0.3 is 6.18 Å². The van der Waals surface area contributed by atoms with Crippen molar-refractivity contribution >= 4 is 28.2 Å². The molecule has 0 aromatic carbocycles. The van der Waals surface area contributed by atoms with Crippen molar-refractivity contribution in [1.29, 1.82) is 0 Å². The van der Waals surface area contributed by atoms with Gasteiger partial charge in [-0.25, -0.2) is 4.98 Å². The number of thiazole rings is 1. The van der Waals surface area contributed by atoms with Crippen molar-refractivity contribution in [1.82, 2.24) is 15.2 Å². The largest absolute Gasteiger partial charge is 0.406 e. The first-order chi connectivity index (χ1) is 9.78. The van der Waals surface area contributed by atoms with Crippen molar-refractivity contribution < 1.29 is 18.0 Å². The summed E-state index contributed by atoms with van der Waals surface area (Å²) in [5.74, 6) is -0.781. The number of carbonyl (C=O) groups excluding carboxylic acids is 1.